The number of benzene rings is 1. The Morgan fingerprint density at radius 3 is 2.50 bits per heavy atom. The summed E-state index contributed by atoms with van der Waals surface area (Å²) in [4.78, 5) is 11.6. The minimum atomic E-state index is -1.36. The maximum Gasteiger partial charge on any atom is 0.168 e. The van der Waals surface area contributed by atoms with Gasteiger partial charge >= 0.3 is 0 Å². The number of Topliss-reactive ketones (excluding diaryl/α,β-unsaturated/α-hetero) is 1. The number of carbonyl (C=O) groups excluding carboxylic acids is 1. The van der Waals surface area contributed by atoms with Crippen LogP contribution in [0.1, 0.15) is 31.1 Å². The molecule has 0 saturated heterocycles. The van der Waals surface area contributed by atoms with Gasteiger partial charge in [0, 0.05) is 16.5 Å². The molecule has 0 radical (unpaired) electrons. The highest BCUT2D eigenvalue weighted by Crippen LogP contribution is 2.28. The molecule has 1 atom stereocenters. The van der Waals surface area contributed by atoms with Crippen LogP contribution in [-0.2, 0) is 4.79 Å². The Balaban J connectivity index is 3.14. The molecule has 0 fully saturated rings. The van der Waals surface area contributed by atoms with Crippen molar-refractivity contribution < 1.29 is 14.3 Å². The van der Waals surface area contributed by atoms with E-state index in [0.717, 1.165) is 6.07 Å². The molecule has 1 N–H and O–H groups in total. The largest absolute Gasteiger partial charge is 0.380 e. The Bertz CT molecular complexity index is 416. The van der Waals surface area contributed by atoms with E-state index < -0.39 is 11.9 Å². The number of rotatable bonds is 3. The van der Waals surface area contributed by atoms with E-state index >= 15 is 0 Å². The van der Waals surface area contributed by atoms with Crippen molar-refractivity contribution in [3.05, 3.63) is 34.1 Å². The summed E-state index contributed by atoms with van der Waals surface area (Å²) in [6, 6.07) is 2.52. The fourth-order valence-corrected chi connectivity index (χ4v) is 1.66. The highest BCUT2D eigenvalue weighted by atomic mass is 35.5. The van der Waals surface area contributed by atoms with Gasteiger partial charge < -0.3 is 5.11 Å². The molecule has 0 heterocycles. The highest BCUT2D eigenvalue weighted by molar-refractivity contribution is 6.31. The first-order valence-corrected chi connectivity index (χ1v) is 5.39. The van der Waals surface area contributed by atoms with Gasteiger partial charge in [-0.05, 0) is 24.6 Å². The van der Waals surface area contributed by atoms with E-state index in [4.69, 9.17) is 11.6 Å². The molecule has 2 nitrogen and oxygen atoms in total. The van der Waals surface area contributed by atoms with E-state index in [1.165, 1.54) is 6.07 Å². The predicted octanol–water partition coefficient (Wildman–Crippen LogP) is 3.05. The SMILES string of the molecule is Cc1cc(Cl)c(C(O)C(=O)C(C)C)cc1F. The summed E-state index contributed by atoms with van der Waals surface area (Å²) >= 11 is 5.87. The second-order valence-corrected chi connectivity index (χ2v) is 4.49. The number of carbonyl (C=O) groups is 1. The van der Waals surface area contributed by atoms with Crippen LogP contribution < -0.4 is 0 Å². The van der Waals surface area contributed by atoms with E-state index in [2.05, 4.69) is 0 Å². The van der Waals surface area contributed by atoms with E-state index in [9.17, 15) is 14.3 Å². The van der Waals surface area contributed by atoms with Crippen molar-refractivity contribution in [3.63, 3.8) is 0 Å². The molecule has 1 aromatic rings. The third-order valence-electron chi connectivity index (χ3n) is 2.41. The van der Waals surface area contributed by atoms with Crippen LogP contribution in [-0.4, -0.2) is 10.9 Å². The first-order valence-electron chi connectivity index (χ1n) is 5.02. The van der Waals surface area contributed by atoms with E-state index in [1.54, 1.807) is 20.8 Å². The molecule has 0 saturated carbocycles. The van der Waals surface area contributed by atoms with E-state index in [-0.39, 0.29) is 22.3 Å². The van der Waals surface area contributed by atoms with Crippen LogP contribution in [0.3, 0.4) is 0 Å². The molecule has 0 bridgehead atoms. The zero-order chi connectivity index (χ0) is 12.5. The molecule has 0 amide bonds. The maximum absolute atomic E-state index is 13.3. The molecule has 88 valence electrons. The second kappa shape index (κ2) is 4.93. The number of aliphatic hydroxyl groups excluding tert-OH is 1. The molecule has 0 spiro atoms. The Morgan fingerprint density at radius 2 is 2.00 bits per heavy atom. The van der Waals surface area contributed by atoms with Gasteiger partial charge in [0.25, 0.3) is 0 Å². The van der Waals surface area contributed by atoms with Gasteiger partial charge in [0.05, 0.1) is 0 Å². The molecule has 1 unspecified atom stereocenters. The molecule has 0 aliphatic heterocycles. The number of ketones is 1. The van der Waals surface area contributed by atoms with Gasteiger partial charge in [0.15, 0.2) is 5.78 Å². The Morgan fingerprint density at radius 1 is 1.44 bits per heavy atom. The van der Waals surface area contributed by atoms with Crippen LogP contribution in [0, 0.1) is 18.7 Å². The number of hydrogen-bond acceptors (Lipinski definition) is 2. The Kier molecular flexibility index (Phi) is 4.05. The minimum Gasteiger partial charge on any atom is -0.380 e. The molecular formula is C12H14ClFO2. The number of aryl methyl sites for hydroxylation is 1. The van der Waals surface area contributed by atoms with Crippen molar-refractivity contribution in [1.29, 1.82) is 0 Å². The first-order chi connectivity index (χ1) is 7.34. The smallest absolute Gasteiger partial charge is 0.168 e. The van der Waals surface area contributed by atoms with Crippen LogP contribution in [0.4, 0.5) is 4.39 Å². The standard InChI is InChI=1S/C12H14ClFO2/c1-6(2)11(15)12(16)8-5-10(14)7(3)4-9(8)13/h4-6,12,16H,1-3H3. The monoisotopic (exact) mass is 244 g/mol. The van der Waals surface area contributed by atoms with Crippen molar-refractivity contribution in [1.82, 2.24) is 0 Å². The van der Waals surface area contributed by atoms with Gasteiger partial charge in [0.2, 0.25) is 0 Å². The molecule has 1 rings (SSSR count). The van der Waals surface area contributed by atoms with Gasteiger partial charge in [-0.15, -0.1) is 0 Å². The van der Waals surface area contributed by atoms with Crippen LogP contribution in [0.5, 0.6) is 0 Å². The third kappa shape index (κ3) is 2.60. The second-order valence-electron chi connectivity index (χ2n) is 4.08. The number of hydrogen-bond donors (Lipinski definition) is 1. The highest BCUT2D eigenvalue weighted by Gasteiger charge is 2.23. The topological polar surface area (TPSA) is 37.3 Å². The molecule has 0 aromatic heterocycles. The zero-order valence-electron chi connectivity index (χ0n) is 9.42. The summed E-state index contributed by atoms with van der Waals surface area (Å²) in [6.45, 7) is 4.91. The Labute approximate surface area is 99.0 Å². The van der Waals surface area contributed by atoms with Gasteiger partial charge in [-0.3, -0.25) is 4.79 Å². The van der Waals surface area contributed by atoms with Gasteiger partial charge in [0.1, 0.15) is 11.9 Å². The predicted molar refractivity (Wildman–Crippen MR) is 61.0 cm³/mol. The first kappa shape index (κ1) is 13.1. The van der Waals surface area contributed by atoms with Gasteiger partial charge in [-0.1, -0.05) is 25.4 Å². The molecule has 16 heavy (non-hydrogen) atoms. The van der Waals surface area contributed by atoms with Crippen molar-refractivity contribution >= 4 is 17.4 Å². The summed E-state index contributed by atoms with van der Waals surface area (Å²) in [5.74, 6) is -1.17. The van der Waals surface area contributed by atoms with Crippen molar-refractivity contribution in [2.75, 3.05) is 0 Å². The van der Waals surface area contributed by atoms with Crippen molar-refractivity contribution in [2.24, 2.45) is 5.92 Å². The van der Waals surface area contributed by atoms with Gasteiger partial charge in [-0.2, -0.15) is 0 Å². The van der Waals surface area contributed by atoms with Crippen molar-refractivity contribution in [3.8, 4) is 0 Å². The van der Waals surface area contributed by atoms with E-state index in [0.29, 0.717) is 5.56 Å². The summed E-state index contributed by atoms with van der Waals surface area (Å²) < 4.78 is 13.3. The lowest BCUT2D eigenvalue weighted by molar-refractivity contribution is -0.130. The lowest BCUT2D eigenvalue weighted by Gasteiger charge is -2.14. The molecule has 4 heteroatoms. The van der Waals surface area contributed by atoms with E-state index in [1.807, 2.05) is 0 Å². The van der Waals surface area contributed by atoms with Crippen LogP contribution in [0.2, 0.25) is 5.02 Å². The third-order valence-corrected chi connectivity index (χ3v) is 2.74. The average Bonchev–Trinajstić information content (AvgIpc) is 2.21. The molecule has 0 aliphatic rings. The van der Waals surface area contributed by atoms with Crippen LogP contribution >= 0.6 is 11.6 Å². The fraction of sp³-hybridized carbons (Fsp3) is 0.417. The lowest BCUT2D eigenvalue weighted by Crippen LogP contribution is -2.18. The zero-order valence-corrected chi connectivity index (χ0v) is 10.2. The average molecular weight is 245 g/mol. The summed E-state index contributed by atoms with van der Waals surface area (Å²) in [7, 11) is 0. The number of halogens is 2. The minimum absolute atomic E-state index is 0.128. The van der Waals surface area contributed by atoms with Crippen LogP contribution in [0.25, 0.3) is 0 Å². The molecule has 1 aromatic carbocycles. The normalized spacial score (nSPS) is 12.9. The fourth-order valence-electron chi connectivity index (χ4n) is 1.34. The summed E-state index contributed by atoms with van der Waals surface area (Å²) in [5, 5.41) is 9.96. The van der Waals surface area contributed by atoms with Gasteiger partial charge in [-0.25, -0.2) is 4.39 Å². The molecular weight excluding hydrogens is 231 g/mol. The van der Waals surface area contributed by atoms with Crippen molar-refractivity contribution in [2.45, 2.75) is 26.9 Å². The number of aliphatic hydroxyl groups is 1. The molecule has 0 aliphatic carbocycles. The van der Waals surface area contributed by atoms with Crippen LogP contribution in [0.15, 0.2) is 12.1 Å². The summed E-state index contributed by atoms with van der Waals surface area (Å²) in [5.41, 5.74) is 0.515. The lowest BCUT2D eigenvalue weighted by atomic mass is 9.97. The summed E-state index contributed by atoms with van der Waals surface area (Å²) in [6.07, 6.45) is -1.36. The Hall–Kier alpha value is -0.930. The quantitative estimate of drug-likeness (QED) is 0.887. The maximum atomic E-state index is 13.3.